The lowest BCUT2D eigenvalue weighted by atomic mass is 10.1. The van der Waals surface area contributed by atoms with E-state index in [1.807, 2.05) is 24.3 Å². The van der Waals surface area contributed by atoms with Crippen LogP contribution >= 0.6 is 0 Å². The number of aromatic nitrogens is 1. The summed E-state index contributed by atoms with van der Waals surface area (Å²) in [5.74, 6) is 0.620. The summed E-state index contributed by atoms with van der Waals surface area (Å²) in [6.45, 7) is 0. The van der Waals surface area contributed by atoms with E-state index in [1.54, 1.807) is 36.5 Å². The largest absolute Gasteiger partial charge is 0.494 e. The van der Waals surface area contributed by atoms with Crippen LogP contribution in [-0.4, -0.2) is 30.0 Å². The average Bonchev–Trinajstić information content (AvgIpc) is 3.20. The van der Waals surface area contributed by atoms with Gasteiger partial charge >= 0.3 is 0 Å². The van der Waals surface area contributed by atoms with Crippen molar-refractivity contribution < 1.29 is 19.1 Å². The highest BCUT2D eigenvalue weighted by Crippen LogP contribution is 2.31. The molecule has 3 aromatic rings. The normalized spacial score (nSPS) is 14.4. The van der Waals surface area contributed by atoms with Gasteiger partial charge in [0.25, 0.3) is 11.8 Å². The molecule has 0 bridgehead atoms. The molecule has 0 radical (unpaired) electrons. The number of carbonyl (C=O) groups is 2. The molecule has 1 unspecified atom stereocenters. The minimum atomic E-state index is -0.580. The number of amides is 2. The highest BCUT2D eigenvalue weighted by atomic mass is 16.5. The van der Waals surface area contributed by atoms with Crippen molar-refractivity contribution in [2.45, 2.75) is 12.5 Å². The van der Waals surface area contributed by atoms with Crippen molar-refractivity contribution in [1.29, 1.82) is 0 Å². The molecule has 0 saturated carbocycles. The van der Waals surface area contributed by atoms with Crippen molar-refractivity contribution in [1.82, 2.24) is 4.98 Å². The van der Waals surface area contributed by atoms with Gasteiger partial charge in [-0.1, -0.05) is 18.2 Å². The molecule has 0 saturated heterocycles. The van der Waals surface area contributed by atoms with E-state index in [2.05, 4.69) is 15.6 Å². The second-order valence-corrected chi connectivity index (χ2v) is 6.52. The quantitative estimate of drug-likeness (QED) is 0.699. The van der Waals surface area contributed by atoms with Gasteiger partial charge in [0.05, 0.1) is 18.4 Å². The van der Waals surface area contributed by atoms with Gasteiger partial charge in [0.2, 0.25) is 0 Å². The Labute approximate surface area is 167 Å². The van der Waals surface area contributed by atoms with E-state index in [-0.39, 0.29) is 11.8 Å². The molecule has 0 fully saturated rings. The van der Waals surface area contributed by atoms with Crippen LogP contribution in [0.15, 0.2) is 67.0 Å². The van der Waals surface area contributed by atoms with Gasteiger partial charge in [-0.15, -0.1) is 0 Å². The Morgan fingerprint density at radius 3 is 2.72 bits per heavy atom. The maximum atomic E-state index is 12.6. The number of benzene rings is 2. The first-order valence-electron chi connectivity index (χ1n) is 9.09. The number of nitrogens with one attached hydrogen (secondary N) is 2. The monoisotopic (exact) mass is 389 g/mol. The first-order valence-corrected chi connectivity index (χ1v) is 9.09. The van der Waals surface area contributed by atoms with Crippen LogP contribution in [0.25, 0.3) is 0 Å². The number of hydrogen-bond acceptors (Lipinski definition) is 5. The fraction of sp³-hybridized carbons (Fsp3) is 0.136. The van der Waals surface area contributed by atoms with Crippen molar-refractivity contribution in [3.63, 3.8) is 0 Å². The van der Waals surface area contributed by atoms with Crippen molar-refractivity contribution in [3.8, 4) is 11.5 Å². The minimum Gasteiger partial charge on any atom is -0.494 e. The zero-order chi connectivity index (χ0) is 20.2. The van der Waals surface area contributed by atoms with Gasteiger partial charge in [-0.05, 0) is 35.9 Å². The summed E-state index contributed by atoms with van der Waals surface area (Å²) in [5, 5.41) is 5.62. The zero-order valence-electron chi connectivity index (χ0n) is 15.7. The zero-order valence-corrected chi connectivity index (χ0v) is 15.7. The molecule has 1 aliphatic rings. The summed E-state index contributed by atoms with van der Waals surface area (Å²) in [6, 6.07) is 16.0. The third-order valence-electron chi connectivity index (χ3n) is 4.58. The molecule has 1 aliphatic heterocycles. The van der Waals surface area contributed by atoms with E-state index in [9.17, 15) is 9.59 Å². The molecule has 2 amide bonds. The van der Waals surface area contributed by atoms with E-state index in [0.717, 1.165) is 11.3 Å². The Balaban J connectivity index is 1.44. The van der Waals surface area contributed by atoms with Crippen LogP contribution < -0.4 is 20.1 Å². The third kappa shape index (κ3) is 4.03. The van der Waals surface area contributed by atoms with Crippen molar-refractivity contribution >= 4 is 23.2 Å². The number of anilines is 2. The van der Waals surface area contributed by atoms with Gasteiger partial charge < -0.3 is 20.1 Å². The van der Waals surface area contributed by atoms with Crippen molar-refractivity contribution in [2.24, 2.45) is 0 Å². The second-order valence-electron chi connectivity index (χ2n) is 6.52. The number of methoxy groups -OCH3 is 1. The molecular weight excluding hydrogens is 370 g/mol. The Morgan fingerprint density at radius 2 is 1.97 bits per heavy atom. The van der Waals surface area contributed by atoms with Crippen LogP contribution in [0.2, 0.25) is 0 Å². The summed E-state index contributed by atoms with van der Waals surface area (Å²) in [6.07, 6.45) is 3.03. The molecule has 2 aromatic carbocycles. The fourth-order valence-electron chi connectivity index (χ4n) is 3.11. The minimum absolute atomic E-state index is 0.240. The van der Waals surface area contributed by atoms with Gasteiger partial charge in [0.15, 0.2) is 6.10 Å². The molecular formula is C22H19N3O4. The number of pyridine rings is 1. The van der Waals surface area contributed by atoms with Gasteiger partial charge in [-0.25, -0.2) is 0 Å². The lowest BCUT2D eigenvalue weighted by Crippen LogP contribution is -2.31. The van der Waals surface area contributed by atoms with Crippen LogP contribution in [0.5, 0.6) is 11.5 Å². The number of carbonyl (C=O) groups excluding carboxylic acids is 2. The van der Waals surface area contributed by atoms with E-state index in [0.29, 0.717) is 29.1 Å². The van der Waals surface area contributed by atoms with Crippen molar-refractivity contribution in [3.05, 3.63) is 78.1 Å². The molecule has 2 N–H and O–H groups in total. The molecule has 0 spiro atoms. The third-order valence-corrected chi connectivity index (χ3v) is 4.58. The summed E-state index contributed by atoms with van der Waals surface area (Å²) in [7, 11) is 1.50. The van der Waals surface area contributed by atoms with E-state index < -0.39 is 6.10 Å². The molecule has 7 nitrogen and oxygen atoms in total. The van der Waals surface area contributed by atoms with Crippen LogP contribution in [-0.2, 0) is 11.2 Å². The van der Waals surface area contributed by atoms with Gasteiger partial charge in [0.1, 0.15) is 11.5 Å². The maximum Gasteiger partial charge on any atom is 0.265 e. The molecule has 1 aromatic heterocycles. The number of hydrogen-bond donors (Lipinski definition) is 2. The topological polar surface area (TPSA) is 89.5 Å². The summed E-state index contributed by atoms with van der Waals surface area (Å²) >= 11 is 0. The van der Waals surface area contributed by atoms with E-state index in [1.165, 1.54) is 13.3 Å². The Hall–Kier alpha value is -3.87. The first-order chi connectivity index (χ1) is 14.1. The maximum absolute atomic E-state index is 12.6. The Bertz CT molecular complexity index is 1030. The molecule has 146 valence electrons. The number of nitrogens with zero attached hydrogens (tertiary/aromatic N) is 1. The van der Waals surface area contributed by atoms with Crippen LogP contribution in [0.3, 0.4) is 0 Å². The molecule has 7 heteroatoms. The molecule has 4 rings (SSSR count). The highest BCUT2D eigenvalue weighted by molar-refractivity contribution is 6.05. The average molecular weight is 389 g/mol. The lowest BCUT2D eigenvalue weighted by molar-refractivity contribution is -0.122. The summed E-state index contributed by atoms with van der Waals surface area (Å²) in [5.41, 5.74) is 2.48. The summed E-state index contributed by atoms with van der Waals surface area (Å²) < 4.78 is 11.1. The smallest absolute Gasteiger partial charge is 0.265 e. The highest BCUT2D eigenvalue weighted by Gasteiger charge is 2.28. The molecule has 29 heavy (non-hydrogen) atoms. The predicted molar refractivity (Wildman–Crippen MR) is 108 cm³/mol. The second kappa shape index (κ2) is 8.02. The number of ether oxygens (including phenoxy) is 2. The first kappa shape index (κ1) is 18.5. The predicted octanol–water partition coefficient (Wildman–Crippen LogP) is 3.28. The number of rotatable bonds is 5. The van der Waals surface area contributed by atoms with E-state index >= 15 is 0 Å². The molecule has 1 atom stereocenters. The Morgan fingerprint density at radius 1 is 1.10 bits per heavy atom. The number of para-hydroxylation sites is 1. The van der Waals surface area contributed by atoms with E-state index in [4.69, 9.17) is 9.47 Å². The molecule has 0 aliphatic carbocycles. The van der Waals surface area contributed by atoms with Crippen molar-refractivity contribution in [2.75, 3.05) is 17.7 Å². The number of fused-ring (bicyclic) bond motifs is 1. The summed E-state index contributed by atoms with van der Waals surface area (Å²) in [4.78, 5) is 28.8. The van der Waals surface area contributed by atoms with Crippen LogP contribution in [0.4, 0.5) is 11.4 Å². The standard InChI is InChI=1S/C22H19N3O4/c1-28-19-12-16(8-9-17(19)25-21(26)15-6-4-10-23-13-15)24-22(27)20-11-14-5-2-3-7-18(14)29-20/h2-10,12-13,20H,11H2,1H3,(H,24,27)(H,25,26). The van der Waals surface area contributed by atoms with Crippen LogP contribution in [0, 0.1) is 0 Å². The van der Waals surface area contributed by atoms with Gasteiger partial charge in [-0.2, -0.15) is 0 Å². The van der Waals surface area contributed by atoms with Crippen LogP contribution in [0.1, 0.15) is 15.9 Å². The SMILES string of the molecule is COc1cc(NC(=O)C2Cc3ccccc3O2)ccc1NC(=O)c1cccnc1. The molecule has 2 heterocycles. The van der Waals surface area contributed by atoms with Gasteiger partial charge in [0, 0.05) is 30.6 Å². The fourth-order valence-corrected chi connectivity index (χ4v) is 3.11. The van der Waals surface area contributed by atoms with Gasteiger partial charge in [-0.3, -0.25) is 14.6 Å². The Kier molecular flexibility index (Phi) is 5.11. The lowest BCUT2D eigenvalue weighted by Gasteiger charge is -2.14.